The fraction of sp³-hybridized carbons (Fsp3) is 0.250. The van der Waals surface area contributed by atoms with Gasteiger partial charge in [-0.15, -0.1) is 10.2 Å². The van der Waals surface area contributed by atoms with Crippen molar-refractivity contribution in [1.82, 2.24) is 10.2 Å². The van der Waals surface area contributed by atoms with E-state index in [0.29, 0.717) is 16.0 Å². The van der Waals surface area contributed by atoms with Crippen molar-refractivity contribution in [3.63, 3.8) is 0 Å². The van der Waals surface area contributed by atoms with Crippen LogP contribution in [0.25, 0.3) is 0 Å². The normalized spacial score (nSPS) is 11.8. The maximum atomic E-state index is 12.9. The second kappa shape index (κ2) is 9.66. The molecule has 0 fully saturated rings. The summed E-state index contributed by atoms with van der Waals surface area (Å²) in [4.78, 5) is 12.4. The number of aromatic nitrogens is 2. The molecule has 2 aromatic carbocycles. The molecular weight excluding hydrogens is 395 g/mol. The maximum absolute atomic E-state index is 12.9. The molecule has 0 saturated carbocycles. The Hall–Kier alpha value is -2.45. The predicted octanol–water partition coefficient (Wildman–Crippen LogP) is 4.97. The predicted molar refractivity (Wildman–Crippen MR) is 113 cm³/mol. The van der Waals surface area contributed by atoms with Gasteiger partial charge in [-0.05, 0) is 48.7 Å². The molecule has 8 heteroatoms. The van der Waals surface area contributed by atoms with Crippen LogP contribution in [0, 0.1) is 5.82 Å². The molecule has 0 aliphatic carbocycles. The van der Waals surface area contributed by atoms with Crippen LogP contribution >= 0.6 is 23.1 Å². The first-order chi connectivity index (χ1) is 13.5. The molecule has 146 valence electrons. The second-order valence-corrected chi connectivity index (χ2v) is 8.72. The third-order valence-corrected chi connectivity index (χ3v) is 6.11. The Morgan fingerprint density at radius 1 is 1.11 bits per heavy atom. The minimum Gasteiger partial charge on any atom is -0.356 e. The molecule has 0 spiro atoms. The molecule has 0 bridgehead atoms. The molecule has 1 atom stereocenters. The van der Waals surface area contributed by atoms with E-state index < -0.39 is 0 Å². The number of amides is 1. The fourth-order valence-electron chi connectivity index (χ4n) is 2.38. The summed E-state index contributed by atoms with van der Waals surface area (Å²) in [5.74, 6) is -0.336. The molecule has 0 aliphatic heterocycles. The lowest BCUT2D eigenvalue weighted by Gasteiger charge is -2.10. The molecule has 1 amide bonds. The number of thioether (sulfide) groups is 1. The Morgan fingerprint density at radius 3 is 2.46 bits per heavy atom. The van der Waals surface area contributed by atoms with E-state index in [1.807, 2.05) is 31.2 Å². The lowest BCUT2D eigenvalue weighted by molar-refractivity contribution is -0.115. The minimum absolute atomic E-state index is 0.0785. The van der Waals surface area contributed by atoms with Crippen LogP contribution in [0.4, 0.5) is 15.2 Å². The van der Waals surface area contributed by atoms with Gasteiger partial charge in [-0.3, -0.25) is 4.79 Å². The first kappa shape index (κ1) is 20.3. The summed E-state index contributed by atoms with van der Waals surface area (Å²) in [5.41, 5.74) is 2.97. The van der Waals surface area contributed by atoms with Crippen molar-refractivity contribution >= 4 is 39.8 Å². The van der Waals surface area contributed by atoms with Gasteiger partial charge in [0, 0.05) is 12.2 Å². The summed E-state index contributed by atoms with van der Waals surface area (Å²) in [6, 6.07) is 14.1. The van der Waals surface area contributed by atoms with E-state index >= 15 is 0 Å². The average molecular weight is 417 g/mol. The largest absolute Gasteiger partial charge is 0.356 e. The molecule has 1 unspecified atom stereocenters. The zero-order valence-corrected chi connectivity index (χ0v) is 17.2. The third kappa shape index (κ3) is 5.77. The number of hydrogen-bond acceptors (Lipinski definition) is 6. The molecule has 3 aromatic rings. The number of carbonyl (C=O) groups is 1. The van der Waals surface area contributed by atoms with E-state index in [9.17, 15) is 9.18 Å². The molecule has 5 nitrogen and oxygen atoms in total. The highest BCUT2D eigenvalue weighted by Crippen LogP contribution is 2.29. The molecule has 1 heterocycles. The van der Waals surface area contributed by atoms with Crippen LogP contribution < -0.4 is 10.6 Å². The highest BCUT2D eigenvalue weighted by Gasteiger charge is 2.17. The zero-order valence-electron chi connectivity index (χ0n) is 15.6. The van der Waals surface area contributed by atoms with E-state index in [1.165, 1.54) is 40.8 Å². The van der Waals surface area contributed by atoms with Crippen LogP contribution in [0.5, 0.6) is 0 Å². The standard InChI is InChI=1S/C20H21FN4OS2/c1-3-14-6-10-17(11-7-14)23-18(26)13(2)27-20-25-24-19(28-20)22-12-15-4-8-16(21)9-5-15/h4-11,13H,3,12H2,1-2H3,(H,22,24)(H,23,26). The van der Waals surface area contributed by atoms with Crippen molar-refractivity contribution in [3.8, 4) is 0 Å². The number of nitrogens with one attached hydrogen (secondary N) is 2. The Morgan fingerprint density at radius 2 is 1.79 bits per heavy atom. The Kier molecular flexibility index (Phi) is 7.00. The molecule has 3 rings (SSSR count). The van der Waals surface area contributed by atoms with Gasteiger partial charge in [0.15, 0.2) is 4.34 Å². The Bertz CT molecular complexity index is 913. The second-order valence-electron chi connectivity index (χ2n) is 6.15. The average Bonchev–Trinajstić information content (AvgIpc) is 3.15. The van der Waals surface area contributed by atoms with Gasteiger partial charge >= 0.3 is 0 Å². The highest BCUT2D eigenvalue weighted by atomic mass is 32.2. The van der Waals surface area contributed by atoms with Gasteiger partial charge in [0.2, 0.25) is 11.0 Å². The van der Waals surface area contributed by atoms with Crippen molar-refractivity contribution in [3.05, 3.63) is 65.5 Å². The molecule has 28 heavy (non-hydrogen) atoms. The number of anilines is 2. The van der Waals surface area contributed by atoms with E-state index in [4.69, 9.17) is 0 Å². The smallest absolute Gasteiger partial charge is 0.237 e. The quantitative estimate of drug-likeness (QED) is 0.508. The number of rotatable bonds is 8. The number of nitrogens with zero attached hydrogens (tertiary/aromatic N) is 2. The van der Waals surface area contributed by atoms with E-state index in [2.05, 4.69) is 27.8 Å². The van der Waals surface area contributed by atoms with Gasteiger partial charge in [-0.1, -0.05) is 54.3 Å². The van der Waals surface area contributed by atoms with Crippen LogP contribution in [-0.2, 0) is 17.8 Å². The van der Waals surface area contributed by atoms with Crippen LogP contribution in [-0.4, -0.2) is 21.4 Å². The van der Waals surface area contributed by atoms with Crippen molar-refractivity contribution in [1.29, 1.82) is 0 Å². The first-order valence-electron chi connectivity index (χ1n) is 8.91. The summed E-state index contributed by atoms with van der Waals surface area (Å²) in [6.07, 6.45) is 0.967. The fourth-order valence-corrected chi connectivity index (χ4v) is 4.27. The van der Waals surface area contributed by atoms with Crippen molar-refractivity contribution in [2.24, 2.45) is 0 Å². The topological polar surface area (TPSA) is 66.9 Å². The third-order valence-electron chi connectivity index (χ3n) is 4.04. The van der Waals surface area contributed by atoms with Gasteiger partial charge in [0.25, 0.3) is 0 Å². The maximum Gasteiger partial charge on any atom is 0.237 e. The minimum atomic E-state index is -0.302. The van der Waals surface area contributed by atoms with E-state index in [-0.39, 0.29) is 17.0 Å². The highest BCUT2D eigenvalue weighted by molar-refractivity contribution is 8.02. The zero-order chi connectivity index (χ0) is 19.9. The number of carbonyl (C=O) groups excluding carboxylic acids is 1. The summed E-state index contributed by atoms with van der Waals surface area (Å²) in [5, 5.41) is 14.7. The lowest BCUT2D eigenvalue weighted by atomic mass is 10.1. The number of benzene rings is 2. The molecule has 2 N–H and O–H groups in total. The molecule has 1 aromatic heterocycles. The summed E-state index contributed by atoms with van der Waals surface area (Å²) >= 11 is 2.75. The Balaban J connectivity index is 1.50. The van der Waals surface area contributed by atoms with Crippen molar-refractivity contribution in [2.75, 3.05) is 10.6 Å². The monoisotopic (exact) mass is 416 g/mol. The number of aryl methyl sites for hydroxylation is 1. The molecule has 0 radical (unpaired) electrons. The van der Waals surface area contributed by atoms with Gasteiger partial charge in [0.1, 0.15) is 5.82 Å². The van der Waals surface area contributed by atoms with E-state index in [0.717, 1.165) is 17.7 Å². The van der Waals surface area contributed by atoms with E-state index in [1.54, 1.807) is 12.1 Å². The Labute approximate surface area is 171 Å². The SMILES string of the molecule is CCc1ccc(NC(=O)C(C)Sc2nnc(NCc3ccc(F)cc3)s2)cc1. The number of halogens is 1. The van der Waals surface area contributed by atoms with Crippen molar-refractivity contribution < 1.29 is 9.18 Å². The molecule has 0 aliphatic rings. The van der Waals surface area contributed by atoms with Crippen LogP contribution in [0.2, 0.25) is 0 Å². The van der Waals surface area contributed by atoms with Crippen molar-refractivity contribution in [2.45, 2.75) is 36.4 Å². The molecule has 0 saturated heterocycles. The van der Waals surface area contributed by atoms with Crippen LogP contribution in [0.1, 0.15) is 25.0 Å². The summed E-state index contributed by atoms with van der Waals surface area (Å²) in [7, 11) is 0. The molecular formula is C20H21FN4OS2. The lowest BCUT2D eigenvalue weighted by Crippen LogP contribution is -2.22. The van der Waals surface area contributed by atoms with Crippen LogP contribution in [0.15, 0.2) is 52.9 Å². The van der Waals surface area contributed by atoms with Crippen LogP contribution in [0.3, 0.4) is 0 Å². The summed E-state index contributed by atoms with van der Waals surface area (Å²) in [6.45, 7) is 4.47. The van der Waals surface area contributed by atoms with Gasteiger partial charge in [-0.25, -0.2) is 4.39 Å². The van der Waals surface area contributed by atoms with Gasteiger partial charge in [-0.2, -0.15) is 0 Å². The number of hydrogen-bond donors (Lipinski definition) is 2. The summed E-state index contributed by atoms with van der Waals surface area (Å²) < 4.78 is 13.6. The van der Waals surface area contributed by atoms with Gasteiger partial charge < -0.3 is 10.6 Å². The van der Waals surface area contributed by atoms with Gasteiger partial charge in [0.05, 0.1) is 5.25 Å². The first-order valence-corrected chi connectivity index (χ1v) is 10.6.